The van der Waals surface area contributed by atoms with Crippen molar-refractivity contribution in [1.82, 2.24) is 0 Å². The fourth-order valence-corrected chi connectivity index (χ4v) is 3.35. The molecule has 0 aliphatic carbocycles. The molecular formula is C22H15NO3. The molecule has 0 aliphatic heterocycles. The Balaban J connectivity index is 1.69. The highest BCUT2D eigenvalue weighted by atomic mass is 16.4. The van der Waals surface area contributed by atoms with Gasteiger partial charge in [0.2, 0.25) is 0 Å². The van der Waals surface area contributed by atoms with Crippen molar-refractivity contribution < 1.29 is 8.83 Å². The lowest BCUT2D eigenvalue weighted by atomic mass is 10.1. The van der Waals surface area contributed by atoms with Crippen molar-refractivity contribution in [3.05, 3.63) is 88.8 Å². The van der Waals surface area contributed by atoms with Gasteiger partial charge in [0.25, 0.3) is 0 Å². The SMILES string of the molecule is O=c1cc(CNc2ccccc2)c2cc3c(cc2o1)oc1ccccc13. The minimum atomic E-state index is -0.363. The molecule has 0 aliphatic rings. The average molecular weight is 341 g/mol. The third-order valence-corrected chi connectivity index (χ3v) is 4.58. The van der Waals surface area contributed by atoms with Gasteiger partial charge in [-0.1, -0.05) is 36.4 Å². The van der Waals surface area contributed by atoms with Crippen LogP contribution in [0.15, 0.2) is 86.4 Å². The van der Waals surface area contributed by atoms with Gasteiger partial charge in [0.15, 0.2) is 0 Å². The van der Waals surface area contributed by atoms with Gasteiger partial charge >= 0.3 is 5.63 Å². The Labute approximate surface area is 148 Å². The van der Waals surface area contributed by atoms with Crippen molar-refractivity contribution in [3.63, 3.8) is 0 Å². The molecule has 0 unspecified atom stereocenters. The van der Waals surface area contributed by atoms with Gasteiger partial charge in [0.1, 0.15) is 16.7 Å². The van der Waals surface area contributed by atoms with Crippen molar-refractivity contribution >= 4 is 38.6 Å². The number of anilines is 1. The first-order valence-electron chi connectivity index (χ1n) is 8.45. The van der Waals surface area contributed by atoms with Gasteiger partial charge in [0.05, 0.1) is 0 Å². The Kier molecular flexibility index (Phi) is 3.28. The number of benzene rings is 3. The highest BCUT2D eigenvalue weighted by Gasteiger charge is 2.12. The van der Waals surface area contributed by atoms with Crippen LogP contribution < -0.4 is 10.9 Å². The van der Waals surface area contributed by atoms with Gasteiger partial charge < -0.3 is 14.2 Å². The summed E-state index contributed by atoms with van der Waals surface area (Å²) >= 11 is 0. The van der Waals surface area contributed by atoms with E-state index in [1.807, 2.05) is 60.7 Å². The molecule has 2 heterocycles. The summed E-state index contributed by atoms with van der Waals surface area (Å²) in [5, 5.41) is 6.33. The van der Waals surface area contributed by atoms with Gasteiger partial charge in [-0.3, -0.25) is 0 Å². The second-order valence-corrected chi connectivity index (χ2v) is 6.25. The molecule has 0 saturated carbocycles. The molecule has 4 nitrogen and oxygen atoms in total. The normalized spacial score (nSPS) is 11.4. The van der Waals surface area contributed by atoms with Crippen LogP contribution in [-0.2, 0) is 6.54 Å². The van der Waals surface area contributed by atoms with E-state index in [9.17, 15) is 4.79 Å². The highest BCUT2D eigenvalue weighted by molar-refractivity contribution is 6.09. The fraction of sp³-hybridized carbons (Fsp3) is 0.0455. The molecule has 0 spiro atoms. The van der Waals surface area contributed by atoms with Crippen molar-refractivity contribution in [2.45, 2.75) is 6.54 Å². The summed E-state index contributed by atoms with van der Waals surface area (Å²) in [5.41, 5.74) is 3.61. The van der Waals surface area contributed by atoms with Crippen LogP contribution in [0.3, 0.4) is 0 Å². The molecule has 0 bridgehead atoms. The van der Waals surface area contributed by atoms with E-state index < -0.39 is 0 Å². The van der Waals surface area contributed by atoms with E-state index in [-0.39, 0.29) is 5.63 Å². The third-order valence-electron chi connectivity index (χ3n) is 4.58. The lowest BCUT2D eigenvalue weighted by molar-refractivity contribution is 0.558. The monoisotopic (exact) mass is 341 g/mol. The van der Waals surface area contributed by atoms with Gasteiger partial charge in [-0.15, -0.1) is 0 Å². The van der Waals surface area contributed by atoms with Crippen LogP contribution in [0.2, 0.25) is 0 Å². The lowest BCUT2D eigenvalue weighted by Crippen LogP contribution is -2.05. The van der Waals surface area contributed by atoms with Gasteiger partial charge in [-0.2, -0.15) is 0 Å². The maximum Gasteiger partial charge on any atom is 0.336 e. The predicted molar refractivity (Wildman–Crippen MR) is 104 cm³/mol. The molecule has 0 fully saturated rings. The van der Waals surface area contributed by atoms with Crippen molar-refractivity contribution in [1.29, 1.82) is 0 Å². The van der Waals surface area contributed by atoms with E-state index >= 15 is 0 Å². The van der Waals surface area contributed by atoms with Crippen LogP contribution in [0, 0.1) is 0 Å². The number of rotatable bonds is 3. The summed E-state index contributed by atoms with van der Waals surface area (Å²) in [4.78, 5) is 12.0. The largest absolute Gasteiger partial charge is 0.456 e. The molecule has 4 heteroatoms. The highest BCUT2D eigenvalue weighted by Crippen LogP contribution is 2.32. The van der Waals surface area contributed by atoms with Crippen molar-refractivity contribution in [3.8, 4) is 0 Å². The summed E-state index contributed by atoms with van der Waals surface area (Å²) in [6.45, 7) is 0.535. The number of nitrogens with one attached hydrogen (secondary N) is 1. The summed E-state index contributed by atoms with van der Waals surface area (Å²) in [6.07, 6.45) is 0. The van der Waals surface area contributed by atoms with Crippen LogP contribution in [0.5, 0.6) is 0 Å². The van der Waals surface area contributed by atoms with Crippen LogP contribution >= 0.6 is 0 Å². The van der Waals surface area contributed by atoms with Gasteiger partial charge in [-0.25, -0.2) is 4.79 Å². The molecule has 0 amide bonds. The second kappa shape index (κ2) is 5.77. The third kappa shape index (κ3) is 2.43. The smallest absolute Gasteiger partial charge is 0.336 e. The number of furan rings is 1. The quantitative estimate of drug-likeness (QED) is 0.452. The Morgan fingerprint density at radius 2 is 1.46 bits per heavy atom. The molecule has 1 N–H and O–H groups in total. The van der Waals surface area contributed by atoms with Crippen LogP contribution in [0.25, 0.3) is 32.9 Å². The molecule has 3 aromatic carbocycles. The predicted octanol–water partition coefficient (Wildman–Crippen LogP) is 5.30. The zero-order valence-electron chi connectivity index (χ0n) is 13.9. The molecule has 26 heavy (non-hydrogen) atoms. The van der Waals surface area contributed by atoms with Gasteiger partial charge in [-0.05, 0) is 29.8 Å². The van der Waals surface area contributed by atoms with Gasteiger partial charge in [0, 0.05) is 40.5 Å². The summed E-state index contributed by atoms with van der Waals surface area (Å²) in [6, 6.07) is 23.2. The number of hydrogen-bond acceptors (Lipinski definition) is 4. The minimum Gasteiger partial charge on any atom is -0.456 e. The van der Waals surface area contributed by atoms with E-state index in [1.165, 1.54) is 0 Å². The van der Waals surface area contributed by atoms with E-state index in [0.717, 1.165) is 38.6 Å². The average Bonchev–Trinajstić information content (AvgIpc) is 3.02. The topological polar surface area (TPSA) is 55.4 Å². The molecular weight excluding hydrogens is 326 g/mol. The zero-order valence-corrected chi connectivity index (χ0v) is 13.9. The molecule has 0 atom stereocenters. The fourth-order valence-electron chi connectivity index (χ4n) is 3.35. The summed E-state index contributed by atoms with van der Waals surface area (Å²) in [5.74, 6) is 0. The van der Waals surface area contributed by atoms with E-state index in [1.54, 1.807) is 12.1 Å². The molecule has 0 radical (unpaired) electrons. The lowest BCUT2D eigenvalue weighted by Gasteiger charge is -2.08. The van der Waals surface area contributed by atoms with Crippen LogP contribution in [-0.4, -0.2) is 0 Å². The summed E-state index contributed by atoms with van der Waals surface area (Å²) in [7, 11) is 0. The molecule has 126 valence electrons. The van der Waals surface area contributed by atoms with Crippen LogP contribution in [0.1, 0.15) is 5.56 Å². The maximum atomic E-state index is 12.0. The Hall–Kier alpha value is -3.53. The first-order chi connectivity index (χ1) is 12.8. The first kappa shape index (κ1) is 14.8. The zero-order chi connectivity index (χ0) is 17.5. The Morgan fingerprint density at radius 3 is 2.35 bits per heavy atom. The Bertz CT molecular complexity index is 1300. The second-order valence-electron chi connectivity index (χ2n) is 6.25. The van der Waals surface area contributed by atoms with E-state index in [2.05, 4.69) is 5.32 Å². The van der Waals surface area contributed by atoms with Crippen molar-refractivity contribution in [2.75, 3.05) is 5.32 Å². The Morgan fingerprint density at radius 1 is 0.692 bits per heavy atom. The molecule has 2 aromatic heterocycles. The number of para-hydroxylation sites is 2. The molecule has 5 aromatic rings. The molecule has 5 rings (SSSR count). The standard InChI is InChI=1S/C22H15NO3/c24-22-10-14(13-23-15-6-2-1-3-7-15)17-11-18-16-8-4-5-9-19(16)25-21(18)12-20(17)26-22/h1-12,23H,13H2. The van der Waals surface area contributed by atoms with Crippen LogP contribution in [0.4, 0.5) is 5.69 Å². The van der Waals surface area contributed by atoms with E-state index in [0.29, 0.717) is 12.1 Å². The van der Waals surface area contributed by atoms with E-state index in [4.69, 9.17) is 8.83 Å². The molecule has 0 saturated heterocycles. The number of fused-ring (bicyclic) bond motifs is 4. The first-order valence-corrected chi connectivity index (χ1v) is 8.45. The van der Waals surface area contributed by atoms with Crippen molar-refractivity contribution in [2.24, 2.45) is 0 Å². The maximum absolute atomic E-state index is 12.0. The minimum absolute atomic E-state index is 0.363. The summed E-state index contributed by atoms with van der Waals surface area (Å²) < 4.78 is 11.3. The number of hydrogen-bond donors (Lipinski definition) is 1.